The lowest BCUT2D eigenvalue weighted by Crippen LogP contribution is -1.88. The van der Waals surface area contributed by atoms with Crippen molar-refractivity contribution in [2.75, 3.05) is 0 Å². The normalized spacial score (nSPS) is 13.4. The first-order valence-electron chi connectivity index (χ1n) is 3.04. The van der Waals surface area contributed by atoms with E-state index >= 15 is 0 Å². The van der Waals surface area contributed by atoms with Crippen LogP contribution in [0, 0.1) is 5.92 Å². The van der Waals surface area contributed by atoms with Crippen molar-refractivity contribution in [1.82, 2.24) is 0 Å². The monoisotopic (exact) mass is 124 g/mol. The summed E-state index contributed by atoms with van der Waals surface area (Å²) >= 11 is 0. The second-order valence-corrected chi connectivity index (χ2v) is 2.00. The van der Waals surface area contributed by atoms with Gasteiger partial charge in [-0.1, -0.05) is 31.7 Å². The Bertz CT molecular complexity index is 114. The molecular formula is C8H12O. The standard InChI is InChI=1S/C8H12O/c1-3-4-5-8(2)6-7-9/h3-5,7-8H,1,6H2,2H3/b5-4+. The van der Waals surface area contributed by atoms with Gasteiger partial charge in [0.1, 0.15) is 6.29 Å². The van der Waals surface area contributed by atoms with Crippen LogP contribution in [-0.2, 0) is 4.79 Å². The average molecular weight is 124 g/mol. The molecule has 0 spiro atoms. The van der Waals surface area contributed by atoms with Gasteiger partial charge in [0, 0.05) is 6.42 Å². The van der Waals surface area contributed by atoms with Crippen molar-refractivity contribution < 1.29 is 4.79 Å². The van der Waals surface area contributed by atoms with Crippen molar-refractivity contribution in [3.05, 3.63) is 24.8 Å². The Morgan fingerprint density at radius 2 is 2.33 bits per heavy atom. The minimum Gasteiger partial charge on any atom is -0.303 e. The highest BCUT2D eigenvalue weighted by Crippen LogP contribution is 1.99. The van der Waals surface area contributed by atoms with Crippen molar-refractivity contribution in [3.8, 4) is 0 Å². The quantitative estimate of drug-likeness (QED) is 0.413. The van der Waals surface area contributed by atoms with Crippen LogP contribution in [0.15, 0.2) is 24.8 Å². The van der Waals surface area contributed by atoms with E-state index in [0.29, 0.717) is 12.3 Å². The summed E-state index contributed by atoms with van der Waals surface area (Å²) in [5.74, 6) is 0.348. The predicted molar refractivity (Wildman–Crippen MR) is 39.2 cm³/mol. The highest BCUT2D eigenvalue weighted by Gasteiger charge is 1.91. The van der Waals surface area contributed by atoms with Crippen molar-refractivity contribution in [2.24, 2.45) is 5.92 Å². The Balaban J connectivity index is 3.47. The number of aldehydes is 1. The molecule has 0 aromatic heterocycles. The molecule has 0 N–H and O–H groups in total. The first-order chi connectivity index (χ1) is 4.31. The van der Waals surface area contributed by atoms with Gasteiger partial charge in [0.15, 0.2) is 0 Å². The van der Waals surface area contributed by atoms with Crippen LogP contribution < -0.4 is 0 Å². The van der Waals surface area contributed by atoms with Crippen LogP contribution in [0.4, 0.5) is 0 Å². The van der Waals surface area contributed by atoms with Gasteiger partial charge < -0.3 is 4.79 Å². The Hall–Kier alpha value is -0.850. The molecule has 0 saturated carbocycles. The number of hydrogen-bond acceptors (Lipinski definition) is 1. The van der Waals surface area contributed by atoms with Crippen molar-refractivity contribution in [1.29, 1.82) is 0 Å². The second-order valence-electron chi connectivity index (χ2n) is 2.00. The molecule has 0 aliphatic rings. The van der Waals surface area contributed by atoms with Gasteiger partial charge in [-0.05, 0) is 5.92 Å². The maximum absolute atomic E-state index is 9.92. The number of carbonyl (C=O) groups is 1. The fraction of sp³-hybridized carbons (Fsp3) is 0.375. The minimum atomic E-state index is 0.348. The molecule has 9 heavy (non-hydrogen) atoms. The molecule has 0 rings (SSSR count). The summed E-state index contributed by atoms with van der Waals surface area (Å²) in [6.07, 6.45) is 7.05. The zero-order valence-corrected chi connectivity index (χ0v) is 5.71. The van der Waals surface area contributed by atoms with E-state index in [1.807, 2.05) is 19.1 Å². The third-order valence-electron chi connectivity index (χ3n) is 1.04. The van der Waals surface area contributed by atoms with E-state index in [4.69, 9.17) is 0 Å². The third-order valence-corrected chi connectivity index (χ3v) is 1.04. The van der Waals surface area contributed by atoms with Gasteiger partial charge in [-0.25, -0.2) is 0 Å². The van der Waals surface area contributed by atoms with Gasteiger partial charge in [0.25, 0.3) is 0 Å². The van der Waals surface area contributed by atoms with Crippen LogP contribution in [0.3, 0.4) is 0 Å². The SMILES string of the molecule is C=C/C=C/C(C)CC=O. The molecule has 0 radical (unpaired) electrons. The van der Waals surface area contributed by atoms with Gasteiger partial charge in [-0.15, -0.1) is 0 Å². The molecule has 1 unspecified atom stereocenters. The lowest BCUT2D eigenvalue weighted by atomic mass is 10.1. The number of rotatable bonds is 4. The molecule has 50 valence electrons. The number of carbonyl (C=O) groups excluding carboxylic acids is 1. The predicted octanol–water partition coefficient (Wildman–Crippen LogP) is 1.95. The van der Waals surface area contributed by atoms with E-state index in [1.165, 1.54) is 0 Å². The summed E-state index contributed by atoms with van der Waals surface area (Å²) in [5, 5.41) is 0. The Morgan fingerprint density at radius 1 is 1.67 bits per heavy atom. The largest absolute Gasteiger partial charge is 0.303 e. The van der Waals surface area contributed by atoms with Crippen LogP contribution in [0.5, 0.6) is 0 Å². The zero-order valence-electron chi connectivity index (χ0n) is 5.71. The van der Waals surface area contributed by atoms with Crippen molar-refractivity contribution in [2.45, 2.75) is 13.3 Å². The van der Waals surface area contributed by atoms with E-state index in [1.54, 1.807) is 6.08 Å². The van der Waals surface area contributed by atoms with Gasteiger partial charge >= 0.3 is 0 Å². The maximum Gasteiger partial charge on any atom is 0.120 e. The summed E-state index contributed by atoms with van der Waals surface area (Å²) in [6.45, 7) is 5.51. The van der Waals surface area contributed by atoms with Crippen molar-refractivity contribution in [3.63, 3.8) is 0 Å². The van der Waals surface area contributed by atoms with E-state index in [2.05, 4.69) is 6.58 Å². The van der Waals surface area contributed by atoms with Gasteiger partial charge in [0.2, 0.25) is 0 Å². The second kappa shape index (κ2) is 5.29. The molecule has 0 bridgehead atoms. The van der Waals surface area contributed by atoms with E-state index in [0.717, 1.165) is 6.29 Å². The summed E-state index contributed by atoms with van der Waals surface area (Å²) in [7, 11) is 0. The molecule has 0 aromatic carbocycles. The van der Waals surface area contributed by atoms with Crippen LogP contribution in [-0.4, -0.2) is 6.29 Å². The van der Waals surface area contributed by atoms with Gasteiger partial charge in [0.05, 0.1) is 0 Å². The molecule has 0 aliphatic heterocycles. The molecule has 0 fully saturated rings. The molecule has 0 aromatic rings. The van der Waals surface area contributed by atoms with E-state index in [9.17, 15) is 4.79 Å². The van der Waals surface area contributed by atoms with E-state index in [-0.39, 0.29) is 0 Å². The summed E-state index contributed by atoms with van der Waals surface area (Å²) in [5.41, 5.74) is 0. The Kier molecular flexibility index (Phi) is 4.79. The smallest absolute Gasteiger partial charge is 0.120 e. The molecule has 0 saturated heterocycles. The van der Waals surface area contributed by atoms with Crippen molar-refractivity contribution >= 4 is 6.29 Å². The molecule has 0 amide bonds. The Morgan fingerprint density at radius 3 is 2.78 bits per heavy atom. The Labute approximate surface area is 56.1 Å². The van der Waals surface area contributed by atoms with Crippen LogP contribution in [0.2, 0.25) is 0 Å². The van der Waals surface area contributed by atoms with Gasteiger partial charge in [-0.2, -0.15) is 0 Å². The summed E-state index contributed by atoms with van der Waals surface area (Å²) in [6, 6.07) is 0. The summed E-state index contributed by atoms with van der Waals surface area (Å²) < 4.78 is 0. The minimum absolute atomic E-state index is 0.348. The fourth-order valence-corrected chi connectivity index (χ4v) is 0.499. The number of hydrogen-bond donors (Lipinski definition) is 0. The molecule has 1 atom stereocenters. The van der Waals surface area contributed by atoms with Crippen LogP contribution in [0.1, 0.15) is 13.3 Å². The third kappa shape index (κ3) is 5.01. The lowest BCUT2D eigenvalue weighted by molar-refractivity contribution is -0.108. The topological polar surface area (TPSA) is 17.1 Å². The fourth-order valence-electron chi connectivity index (χ4n) is 0.499. The van der Waals surface area contributed by atoms with E-state index < -0.39 is 0 Å². The maximum atomic E-state index is 9.92. The zero-order chi connectivity index (χ0) is 7.11. The number of allylic oxidation sites excluding steroid dienone is 3. The first-order valence-corrected chi connectivity index (χ1v) is 3.04. The average Bonchev–Trinajstić information content (AvgIpc) is 1.85. The first kappa shape index (κ1) is 8.15. The highest BCUT2D eigenvalue weighted by atomic mass is 16.1. The molecule has 1 nitrogen and oxygen atoms in total. The summed E-state index contributed by atoms with van der Waals surface area (Å²) in [4.78, 5) is 9.92. The van der Waals surface area contributed by atoms with Crippen LogP contribution >= 0.6 is 0 Å². The lowest BCUT2D eigenvalue weighted by Gasteiger charge is -1.95. The molecule has 0 aliphatic carbocycles. The highest BCUT2D eigenvalue weighted by molar-refractivity contribution is 5.50. The molecular weight excluding hydrogens is 112 g/mol. The van der Waals surface area contributed by atoms with Crippen LogP contribution in [0.25, 0.3) is 0 Å². The molecule has 1 heteroatoms. The molecule has 0 heterocycles. The van der Waals surface area contributed by atoms with Gasteiger partial charge in [-0.3, -0.25) is 0 Å².